The van der Waals surface area contributed by atoms with E-state index in [0.29, 0.717) is 5.56 Å². The van der Waals surface area contributed by atoms with E-state index in [1.807, 2.05) is 0 Å². The molecule has 0 aromatic heterocycles. The van der Waals surface area contributed by atoms with Crippen LogP contribution in [0.1, 0.15) is 18.5 Å². The third kappa shape index (κ3) is 4.17. The molecule has 3 atom stereocenters. The SMILES string of the molecule is CCOc1cc([C@H]2[C@H]3C(=O)N(c4ccc(F)cc4)C(=O)[C@H]3ON2c2cccc([N+](=O)[O-])c2)cc(Br)c1O. The van der Waals surface area contributed by atoms with E-state index in [4.69, 9.17) is 9.57 Å². The van der Waals surface area contributed by atoms with Crippen molar-refractivity contribution in [3.63, 3.8) is 0 Å². The molecule has 2 saturated heterocycles. The van der Waals surface area contributed by atoms with E-state index in [-0.39, 0.29) is 39.6 Å². The summed E-state index contributed by atoms with van der Waals surface area (Å²) in [5.74, 6) is -2.82. The molecule has 5 rings (SSSR count). The van der Waals surface area contributed by atoms with Crippen LogP contribution in [0.15, 0.2) is 65.1 Å². The molecule has 3 aromatic rings. The highest BCUT2D eigenvalue weighted by atomic mass is 79.9. The van der Waals surface area contributed by atoms with Gasteiger partial charge in [-0.05, 0) is 70.9 Å². The van der Waals surface area contributed by atoms with Crippen molar-refractivity contribution in [2.75, 3.05) is 16.6 Å². The van der Waals surface area contributed by atoms with Gasteiger partial charge in [0, 0.05) is 12.1 Å². The summed E-state index contributed by atoms with van der Waals surface area (Å²) in [6.07, 6.45) is -1.25. The Labute approximate surface area is 218 Å². The average molecular weight is 572 g/mol. The summed E-state index contributed by atoms with van der Waals surface area (Å²) < 4.78 is 19.3. The number of hydrogen-bond acceptors (Lipinski definition) is 8. The fourth-order valence-electron chi connectivity index (χ4n) is 4.60. The summed E-state index contributed by atoms with van der Waals surface area (Å²) >= 11 is 3.30. The standard InChI is InChI=1S/C25H19BrFN3O7/c1-2-36-19-11-13(10-18(26)22(19)31)21-20-23(37-29(21)16-4-3-5-17(12-16)30(34)35)25(33)28(24(20)32)15-8-6-14(27)7-9-15/h3-12,20-21,23,31H,2H2,1H3/t20-,21+,23+/m1/s1. The van der Waals surface area contributed by atoms with Gasteiger partial charge in [-0.1, -0.05) is 6.07 Å². The number of imide groups is 1. The maximum Gasteiger partial charge on any atom is 0.271 e. The van der Waals surface area contributed by atoms with Gasteiger partial charge in [0.1, 0.15) is 11.7 Å². The maximum atomic E-state index is 13.7. The van der Waals surface area contributed by atoms with Gasteiger partial charge in [-0.2, -0.15) is 0 Å². The monoisotopic (exact) mass is 571 g/mol. The highest BCUT2D eigenvalue weighted by Crippen LogP contribution is 2.50. The van der Waals surface area contributed by atoms with Crippen LogP contribution in [0, 0.1) is 21.8 Å². The van der Waals surface area contributed by atoms with E-state index in [1.165, 1.54) is 41.5 Å². The Morgan fingerprint density at radius 2 is 1.84 bits per heavy atom. The zero-order chi connectivity index (χ0) is 26.4. The van der Waals surface area contributed by atoms with Crippen molar-refractivity contribution in [2.24, 2.45) is 5.92 Å². The van der Waals surface area contributed by atoms with Crippen LogP contribution in [0.5, 0.6) is 11.5 Å². The highest BCUT2D eigenvalue weighted by Gasteiger charge is 2.60. The largest absolute Gasteiger partial charge is 0.503 e. The molecule has 0 radical (unpaired) electrons. The second kappa shape index (κ2) is 9.45. The van der Waals surface area contributed by atoms with Crippen LogP contribution in [0.25, 0.3) is 0 Å². The maximum absolute atomic E-state index is 13.7. The van der Waals surface area contributed by atoms with Gasteiger partial charge in [-0.3, -0.25) is 24.5 Å². The Kier molecular flexibility index (Phi) is 6.30. The number of nitro benzene ring substituents is 1. The Morgan fingerprint density at radius 3 is 2.51 bits per heavy atom. The quantitative estimate of drug-likeness (QED) is 0.257. The number of benzene rings is 3. The predicted octanol–water partition coefficient (Wildman–Crippen LogP) is 4.65. The summed E-state index contributed by atoms with van der Waals surface area (Å²) in [6, 6.07) is 12.7. The molecule has 2 fully saturated rings. The van der Waals surface area contributed by atoms with Crippen LogP contribution >= 0.6 is 15.9 Å². The van der Waals surface area contributed by atoms with Crippen molar-refractivity contribution in [1.82, 2.24) is 0 Å². The number of halogens is 2. The van der Waals surface area contributed by atoms with E-state index in [1.54, 1.807) is 19.1 Å². The number of carbonyl (C=O) groups excluding carboxylic acids is 2. The number of aromatic hydroxyl groups is 1. The lowest BCUT2D eigenvalue weighted by Gasteiger charge is -2.29. The normalized spacial score (nSPS) is 20.9. The van der Waals surface area contributed by atoms with Crippen LogP contribution < -0.4 is 14.7 Å². The summed E-state index contributed by atoms with van der Waals surface area (Å²) in [4.78, 5) is 44.9. The molecule has 3 aromatic carbocycles. The van der Waals surface area contributed by atoms with Gasteiger partial charge in [0.2, 0.25) is 5.91 Å². The molecule has 2 amide bonds. The number of anilines is 2. The minimum absolute atomic E-state index is 0.140. The number of phenolic OH excluding ortho intramolecular Hbond substituents is 1. The third-order valence-electron chi connectivity index (χ3n) is 6.19. The second-order valence-corrected chi connectivity index (χ2v) is 9.22. The summed E-state index contributed by atoms with van der Waals surface area (Å²) in [6.45, 7) is 1.99. The number of amides is 2. The fourth-order valence-corrected chi connectivity index (χ4v) is 5.06. The van der Waals surface area contributed by atoms with Crippen LogP contribution in [0.4, 0.5) is 21.5 Å². The summed E-state index contributed by atoms with van der Waals surface area (Å²) in [5.41, 5.74) is 0.695. The molecule has 190 valence electrons. The molecule has 0 aliphatic carbocycles. The molecule has 0 bridgehead atoms. The minimum Gasteiger partial charge on any atom is -0.503 e. The van der Waals surface area contributed by atoms with Crippen molar-refractivity contribution < 1.29 is 33.6 Å². The number of phenols is 1. The van der Waals surface area contributed by atoms with Crippen LogP contribution in [0.3, 0.4) is 0 Å². The van der Waals surface area contributed by atoms with Gasteiger partial charge in [-0.15, -0.1) is 0 Å². The molecule has 0 spiro atoms. The molecule has 0 unspecified atom stereocenters. The first-order valence-corrected chi connectivity index (χ1v) is 12.0. The summed E-state index contributed by atoms with van der Waals surface area (Å²) in [5, 5.41) is 23.1. The lowest BCUT2D eigenvalue weighted by molar-refractivity contribution is -0.384. The van der Waals surface area contributed by atoms with Crippen LogP contribution in [-0.4, -0.2) is 34.6 Å². The molecule has 1 N–H and O–H groups in total. The molecule has 0 saturated carbocycles. The lowest BCUT2D eigenvalue weighted by Crippen LogP contribution is -2.37. The molecule has 37 heavy (non-hydrogen) atoms. The molecular weight excluding hydrogens is 553 g/mol. The highest BCUT2D eigenvalue weighted by molar-refractivity contribution is 9.10. The Bertz CT molecular complexity index is 1420. The van der Waals surface area contributed by atoms with Crippen molar-refractivity contribution in [3.8, 4) is 11.5 Å². The van der Waals surface area contributed by atoms with Crippen LogP contribution in [0.2, 0.25) is 0 Å². The van der Waals surface area contributed by atoms with Gasteiger partial charge in [0.15, 0.2) is 17.6 Å². The number of hydroxylamine groups is 1. The fraction of sp³-hybridized carbons (Fsp3) is 0.200. The first-order valence-electron chi connectivity index (χ1n) is 11.2. The number of nitrogens with zero attached hydrogens (tertiary/aromatic N) is 3. The van der Waals surface area contributed by atoms with Crippen molar-refractivity contribution in [1.29, 1.82) is 0 Å². The van der Waals surface area contributed by atoms with Gasteiger partial charge in [0.05, 0.1) is 33.4 Å². The zero-order valence-corrected chi connectivity index (χ0v) is 20.8. The molecule has 10 nitrogen and oxygen atoms in total. The van der Waals surface area contributed by atoms with Gasteiger partial charge < -0.3 is 9.84 Å². The van der Waals surface area contributed by atoms with Crippen molar-refractivity contribution in [2.45, 2.75) is 19.1 Å². The topological polar surface area (TPSA) is 122 Å². The van der Waals surface area contributed by atoms with Crippen molar-refractivity contribution in [3.05, 3.63) is 86.6 Å². The van der Waals surface area contributed by atoms with E-state index in [9.17, 15) is 29.2 Å². The second-order valence-electron chi connectivity index (χ2n) is 8.37. The first kappa shape index (κ1) is 24.7. The Hall–Kier alpha value is -4.03. The van der Waals surface area contributed by atoms with Crippen molar-refractivity contribution >= 4 is 44.8 Å². The van der Waals surface area contributed by atoms with Gasteiger partial charge >= 0.3 is 0 Å². The van der Waals surface area contributed by atoms with E-state index in [0.717, 1.165) is 17.0 Å². The number of ether oxygens (including phenoxy) is 1. The number of hydrogen-bond donors (Lipinski definition) is 1. The molecular formula is C25H19BrFN3O7. The minimum atomic E-state index is -1.25. The van der Waals surface area contributed by atoms with Gasteiger partial charge in [-0.25, -0.2) is 14.4 Å². The Morgan fingerprint density at radius 1 is 1.11 bits per heavy atom. The third-order valence-corrected chi connectivity index (χ3v) is 6.79. The average Bonchev–Trinajstić information content (AvgIpc) is 3.38. The number of non-ortho nitro benzene ring substituents is 1. The zero-order valence-electron chi connectivity index (χ0n) is 19.2. The molecule has 2 aliphatic heterocycles. The Balaban J connectivity index is 1.64. The number of carbonyl (C=O) groups is 2. The first-order chi connectivity index (χ1) is 17.7. The molecule has 2 heterocycles. The van der Waals surface area contributed by atoms with E-state index in [2.05, 4.69) is 15.9 Å². The predicted molar refractivity (Wildman–Crippen MR) is 133 cm³/mol. The molecule has 12 heteroatoms. The van der Waals surface area contributed by atoms with Crippen LogP contribution in [-0.2, 0) is 14.4 Å². The van der Waals surface area contributed by atoms with E-state index >= 15 is 0 Å². The summed E-state index contributed by atoms with van der Waals surface area (Å²) in [7, 11) is 0. The number of rotatable bonds is 6. The van der Waals surface area contributed by atoms with E-state index < -0.39 is 40.6 Å². The lowest BCUT2D eigenvalue weighted by atomic mass is 9.90. The number of fused-ring (bicyclic) bond motifs is 1. The smallest absolute Gasteiger partial charge is 0.271 e. The number of nitro groups is 1. The van der Waals surface area contributed by atoms with Gasteiger partial charge in [0.25, 0.3) is 11.6 Å². The molecule has 2 aliphatic rings.